The van der Waals surface area contributed by atoms with E-state index < -0.39 is 5.60 Å². The number of carbonyl (C=O) groups excluding carboxylic acids is 1. The Bertz CT molecular complexity index is 592. The average molecular weight is 348 g/mol. The fraction of sp³-hybridized carbons (Fsp3) is 0.650. The largest absolute Gasteiger partial charge is 0.389 e. The van der Waals surface area contributed by atoms with Crippen LogP contribution >= 0.6 is 0 Å². The van der Waals surface area contributed by atoms with Gasteiger partial charge in [0, 0.05) is 25.0 Å². The zero-order chi connectivity index (χ0) is 17.9. The summed E-state index contributed by atoms with van der Waals surface area (Å²) in [5.41, 5.74) is 0.336. The van der Waals surface area contributed by atoms with Crippen LogP contribution in [0.5, 0.6) is 0 Å². The molecule has 2 N–H and O–H groups in total. The molecule has 0 radical (unpaired) electrons. The van der Waals surface area contributed by atoms with Crippen molar-refractivity contribution in [3.05, 3.63) is 35.6 Å². The van der Waals surface area contributed by atoms with Crippen molar-refractivity contribution in [2.75, 3.05) is 19.6 Å². The minimum Gasteiger partial charge on any atom is -0.389 e. The highest BCUT2D eigenvalue weighted by Crippen LogP contribution is 2.49. The number of nitrogens with zero attached hydrogens (tertiary/aromatic N) is 1. The molecule has 1 amide bonds. The van der Waals surface area contributed by atoms with E-state index in [1.54, 1.807) is 12.1 Å². The number of hydrogen-bond acceptors (Lipinski definition) is 3. The molecule has 0 bridgehead atoms. The second-order valence-electron chi connectivity index (χ2n) is 7.52. The minimum atomic E-state index is -0.659. The van der Waals surface area contributed by atoms with Crippen LogP contribution in [-0.4, -0.2) is 41.1 Å². The van der Waals surface area contributed by atoms with Crippen molar-refractivity contribution in [1.82, 2.24) is 10.2 Å². The lowest BCUT2D eigenvalue weighted by Crippen LogP contribution is -2.56. The first kappa shape index (κ1) is 18.3. The molecule has 0 unspecified atom stereocenters. The minimum absolute atomic E-state index is 0.0233. The third kappa shape index (κ3) is 4.04. The number of aliphatic hydroxyl groups is 1. The van der Waals surface area contributed by atoms with Crippen LogP contribution < -0.4 is 5.32 Å². The molecule has 3 atom stereocenters. The maximum absolute atomic E-state index is 13.4. The summed E-state index contributed by atoms with van der Waals surface area (Å²) in [5, 5.41) is 14.1. The van der Waals surface area contributed by atoms with Gasteiger partial charge in [0.05, 0.1) is 12.1 Å². The molecule has 1 saturated carbocycles. The van der Waals surface area contributed by atoms with Crippen LogP contribution in [0.25, 0.3) is 0 Å². The highest BCUT2D eigenvalue weighted by atomic mass is 19.1. The van der Waals surface area contributed by atoms with Gasteiger partial charge >= 0.3 is 0 Å². The van der Waals surface area contributed by atoms with Crippen molar-refractivity contribution in [2.45, 2.75) is 57.1 Å². The Hall–Kier alpha value is -1.46. The lowest BCUT2D eigenvalue weighted by molar-refractivity contribution is -0.137. The molecule has 138 valence electrons. The van der Waals surface area contributed by atoms with Gasteiger partial charge < -0.3 is 10.4 Å². The number of likely N-dealkylation sites (tertiary alicyclic amines) is 1. The molecule has 1 aromatic carbocycles. The Kier molecular flexibility index (Phi) is 5.74. The topological polar surface area (TPSA) is 52.6 Å². The van der Waals surface area contributed by atoms with Crippen molar-refractivity contribution in [3.63, 3.8) is 0 Å². The first-order valence-electron chi connectivity index (χ1n) is 9.52. The number of piperidine rings is 1. The van der Waals surface area contributed by atoms with Gasteiger partial charge in [-0.3, -0.25) is 9.69 Å². The maximum atomic E-state index is 13.4. The summed E-state index contributed by atoms with van der Waals surface area (Å²) in [6, 6.07) is 6.52. The number of nitrogens with one attached hydrogen (secondary N) is 1. The summed E-state index contributed by atoms with van der Waals surface area (Å²) in [7, 11) is 0. The van der Waals surface area contributed by atoms with E-state index in [-0.39, 0.29) is 23.7 Å². The number of carbonyl (C=O) groups is 1. The molecule has 0 spiro atoms. The summed E-state index contributed by atoms with van der Waals surface area (Å²) in [5.74, 6) is -0.139. The molecule has 1 aromatic rings. The zero-order valence-corrected chi connectivity index (χ0v) is 15.0. The summed E-state index contributed by atoms with van der Waals surface area (Å²) in [4.78, 5) is 14.4. The standard InChI is InChI=1S/C20H29FN2O2/c1-2-12-22-18(24)14-23-13-11-20(25)10-4-3-5-17(20)19(23)15-6-8-16(21)9-7-15/h6-9,17,19,25H,2-5,10-14H2,1H3,(H,22,24)/t17-,19+,20+/m1/s1. The Balaban J connectivity index is 1.85. The van der Waals surface area contributed by atoms with Crippen LogP contribution in [0.4, 0.5) is 4.39 Å². The number of amides is 1. The van der Waals surface area contributed by atoms with Gasteiger partial charge in [0.25, 0.3) is 0 Å². The third-order valence-electron chi connectivity index (χ3n) is 5.80. The highest BCUT2D eigenvalue weighted by Gasteiger charge is 2.49. The van der Waals surface area contributed by atoms with Gasteiger partial charge in [-0.2, -0.15) is 0 Å². The molecule has 1 saturated heterocycles. The van der Waals surface area contributed by atoms with Crippen molar-refractivity contribution in [3.8, 4) is 0 Å². The van der Waals surface area contributed by atoms with Gasteiger partial charge in [-0.05, 0) is 43.4 Å². The van der Waals surface area contributed by atoms with Crippen LogP contribution in [0.15, 0.2) is 24.3 Å². The van der Waals surface area contributed by atoms with E-state index in [4.69, 9.17) is 0 Å². The van der Waals surface area contributed by atoms with Gasteiger partial charge in [-0.1, -0.05) is 31.9 Å². The summed E-state index contributed by atoms with van der Waals surface area (Å²) in [6.07, 6.45) is 5.55. The van der Waals surface area contributed by atoms with E-state index in [0.717, 1.165) is 37.7 Å². The number of fused-ring (bicyclic) bond motifs is 1. The fourth-order valence-electron chi connectivity index (χ4n) is 4.53. The first-order chi connectivity index (χ1) is 12.0. The molecule has 1 heterocycles. The van der Waals surface area contributed by atoms with Gasteiger partial charge in [0.2, 0.25) is 5.91 Å². The van der Waals surface area contributed by atoms with Crippen LogP contribution in [0.1, 0.15) is 57.1 Å². The maximum Gasteiger partial charge on any atom is 0.234 e. The first-order valence-corrected chi connectivity index (χ1v) is 9.52. The molecule has 25 heavy (non-hydrogen) atoms. The van der Waals surface area contributed by atoms with E-state index >= 15 is 0 Å². The molecule has 3 rings (SSSR count). The van der Waals surface area contributed by atoms with Gasteiger partial charge in [0.15, 0.2) is 0 Å². The molecule has 0 aromatic heterocycles. The fourth-order valence-corrected chi connectivity index (χ4v) is 4.53. The number of halogens is 1. The summed E-state index contributed by atoms with van der Waals surface area (Å²) >= 11 is 0. The Morgan fingerprint density at radius 2 is 2.08 bits per heavy atom. The van der Waals surface area contributed by atoms with Crippen LogP contribution in [-0.2, 0) is 4.79 Å². The SMILES string of the molecule is CCCNC(=O)CN1CC[C@@]2(O)CCCC[C@@H]2[C@@H]1c1ccc(F)cc1. The molecule has 5 heteroatoms. The highest BCUT2D eigenvalue weighted by molar-refractivity contribution is 5.78. The van der Waals surface area contributed by atoms with E-state index in [0.29, 0.717) is 26.1 Å². The molecule has 1 aliphatic carbocycles. The monoisotopic (exact) mass is 348 g/mol. The lowest BCUT2D eigenvalue weighted by atomic mass is 9.66. The van der Waals surface area contributed by atoms with Crippen molar-refractivity contribution in [2.24, 2.45) is 5.92 Å². The van der Waals surface area contributed by atoms with Crippen molar-refractivity contribution >= 4 is 5.91 Å². The Labute approximate surface area is 149 Å². The summed E-state index contributed by atoms with van der Waals surface area (Å²) in [6.45, 7) is 3.73. The number of hydrogen-bond donors (Lipinski definition) is 2. The quantitative estimate of drug-likeness (QED) is 0.860. The normalized spacial score (nSPS) is 29.9. The van der Waals surface area contributed by atoms with Crippen molar-refractivity contribution in [1.29, 1.82) is 0 Å². The van der Waals surface area contributed by atoms with Gasteiger partial charge in [0.1, 0.15) is 5.82 Å². The van der Waals surface area contributed by atoms with E-state index in [2.05, 4.69) is 10.2 Å². The third-order valence-corrected chi connectivity index (χ3v) is 5.80. The molecular formula is C20H29FN2O2. The Morgan fingerprint density at radius 3 is 2.80 bits per heavy atom. The van der Waals surface area contributed by atoms with Gasteiger partial charge in [-0.15, -0.1) is 0 Å². The molecule has 1 aliphatic heterocycles. The molecular weight excluding hydrogens is 319 g/mol. The van der Waals surface area contributed by atoms with Crippen molar-refractivity contribution < 1.29 is 14.3 Å². The van der Waals surface area contributed by atoms with Crippen LogP contribution in [0, 0.1) is 11.7 Å². The predicted octanol–water partition coefficient (Wildman–Crippen LogP) is 3.02. The van der Waals surface area contributed by atoms with E-state index in [9.17, 15) is 14.3 Å². The van der Waals surface area contributed by atoms with Crippen LogP contribution in [0.3, 0.4) is 0 Å². The van der Waals surface area contributed by atoms with Crippen LogP contribution in [0.2, 0.25) is 0 Å². The average Bonchev–Trinajstić information content (AvgIpc) is 2.61. The lowest BCUT2D eigenvalue weighted by Gasteiger charge is -2.52. The second-order valence-corrected chi connectivity index (χ2v) is 7.52. The smallest absolute Gasteiger partial charge is 0.234 e. The molecule has 4 nitrogen and oxygen atoms in total. The number of benzene rings is 1. The molecule has 2 fully saturated rings. The number of rotatable bonds is 5. The molecule has 2 aliphatic rings. The predicted molar refractivity (Wildman–Crippen MR) is 95.5 cm³/mol. The Morgan fingerprint density at radius 1 is 1.32 bits per heavy atom. The van der Waals surface area contributed by atoms with E-state index in [1.807, 2.05) is 6.92 Å². The zero-order valence-electron chi connectivity index (χ0n) is 15.0. The second kappa shape index (κ2) is 7.83. The van der Waals surface area contributed by atoms with E-state index in [1.165, 1.54) is 12.1 Å². The summed E-state index contributed by atoms with van der Waals surface area (Å²) < 4.78 is 13.4. The van der Waals surface area contributed by atoms with Gasteiger partial charge in [-0.25, -0.2) is 4.39 Å².